The Morgan fingerprint density at radius 3 is 2.26 bits per heavy atom. The van der Waals surface area contributed by atoms with E-state index in [0.717, 1.165) is 24.7 Å². The van der Waals surface area contributed by atoms with Gasteiger partial charge in [-0.05, 0) is 56.8 Å². The van der Waals surface area contributed by atoms with Gasteiger partial charge in [0.1, 0.15) is 6.17 Å². The molecule has 2 amide bonds. The second kappa shape index (κ2) is 10.8. The molecule has 7 unspecified atom stereocenters. The molecule has 2 bridgehead atoms. The van der Waals surface area contributed by atoms with Gasteiger partial charge in [0, 0.05) is 25.0 Å². The van der Waals surface area contributed by atoms with Gasteiger partial charge in [0.2, 0.25) is 11.8 Å². The van der Waals surface area contributed by atoms with E-state index in [1.54, 1.807) is 0 Å². The largest absolute Gasteiger partial charge is 0.390 e. The highest BCUT2D eigenvalue weighted by Crippen LogP contribution is 2.42. The van der Waals surface area contributed by atoms with Crippen LogP contribution in [0.3, 0.4) is 0 Å². The van der Waals surface area contributed by atoms with Crippen molar-refractivity contribution in [3.05, 3.63) is 0 Å². The van der Waals surface area contributed by atoms with Gasteiger partial charge in [0.25, 0.3) is 0 Å². The number of hydrogen-bond acceptors (Lipinski definition) is 5. The highest BCUT2D eigenvalue weighted by molar-refractivity contribution is 5.82. The third-order valence-corrected chi connectivity index (χ3v) is 9.35. The molecule has 2 heterocycles. The summed E-state index contributed by atoms with van der Waals surface area (Å²) in [7, 11) is 0. The first-order valence-electron chi connectivity index (χ1n) is 13.7. The Morgan fingerprint density at radius 2 is 1.62 bits per heavy atom. The minimum absolute atomic E-state index is 0.0468. The molecule has 3 N–H and O–H groups in total. The normalized spacial score (nSPS) is 40.6. The predicted molar refractivity (Wildman–Crippen MR) is 126 cm³/mol. The fraction of sp³-hybridized carbons (Fsp3) is 0.923. The van der Waals surface area contributed by atoms with Gasteiger partial charge in [-0.2, -0.15) is 0 Å². The maximum atomic E-state index is 15.0. The van der Waals surface area contributed by atoms with E-state index in [1.807, 2.05) is 4.90 Å². The maximum Gasteiger partial charge on any atom is 0.226 e. The molecule has 2 saturated heterocycles. The van der Waals surface area contributed by atoms with Crippen molar-refractivity contribution in [2.24, 2.45) is 23.7 Å². The van der Waals surface area contributed by atoms with Crippen molar-refractivity contribution in [2.75, 3.05) is 26.3 Å². The van der Waals surface area contributed by atoms with E-state index in [1.165, 1.54) is 38.5 Å². The van der Waals surface area contributed by atoms with E-state index in [2.05, 4.69) is 10.6 Å². The molecule has 5 rings (SSSR count). The molecule has 192 valence electrons. The Morgan fingerprint density at radius 1 is 0.941 bits per heavy atom. The maximum absolute atomic E-state index is 15.0. The van der Waals surface area contributed by atoms with Crippen LogP contribution < -0.4 is 10.6 Å². The number of aliphatic hydroxyl groups excluding tert-OH is 1. The van der Waals surface area contributed by atoms with Crippen LogP contribution in [0.25, 0.3) is 0 Å². The number of morpholine rings is 1. The summed E-state index contributed by atoms with van der Waals surface area (Å²) < 4.78 is 20.5. The molecule has 3 saturated carbocycles. The number of ether oxygens (including phenoxy) is 1. The van der Waals surface area contributed by atoms with Crippen molar-refractivity contribution in [3.63, 3.8) is 0 Å². The predicted octanol–water partition coefficient (Wildman–Crippen LogP) is 2.17. The third-order valence-electron chi connectivity index (χ3n) is 9.35. The van der Waals surface area contributed by atoms with Gasteiger partial charge >= 0.3 is 0 Å². The molecule has 8 atom stereocenters. The zero-order valence-corrected chi connectivity index (χ0v) is 20.3. The topological polar surface area (TPSA) is 90.9 Å². The lowest BCUT2D eigenvalue weighted by Gasteiger charge is -2.39. The first-order valence-corrected chi connectivity index (χ1v) is 13.7. The van der Waals surface area contributed by atoms with Crippen molar-refractivity contribution in [2.45, 2.75) is 101 Å². The Bertz CT molecular complexity index is 709. The van der Waals surface area contributed by atoms with Crippen LogP contribution in [-0.4, -0.2) is 78.5 Å². The Labute approximate surface area is 202 Å². The Hall–Kier alpha value is -1.25. The molecule has 3 aliphatic carbocycles. The lowest BCUT2D eigenvalue weighted by molar-refractivity contribution is -0.149. The summed E-state index contributed by atoms with van der Waals surface area (Å²) in [6, 6.07) is 0.727. The summed E-state index contributed by atoms with van der Waals surface area (Å²) in [5, 5.41) is 16.6. The zero-order chi connectivity index (χ0) is 23.7. The van der Waals surface area contributed by atoms with E-state index in [-0.39, 0.29) is 42.8 Å². The van der Waals surface area contributed by atoms with E-state index in [9.17, 15) is 19.1 Å². The summed E-state index contributed by atoms with van der Waals surface area (Å²) >= 11 is 0. The SMILES string of the molecule is O=C(NC[C@@H](O)CNC1CC2CCCCC2C1)C1CCC(C(=O)N2C3CCC2COC3)CC1F. The molecule has 5 fully saturated rings. The second-order valence-corrected chi connectivity index (χ2v) is 11.6. The molecule has 7 nitrogen and oxygen atoms in total. The minimum Gasteiger partial charge on any atom is -0.390 e. The average Bonchev–Trinajstić information content (AvgIpc) is 3.37. The number of hydrogen-bond donors (Lipinski definition) is 3. The monoisotopic (exact) mass is 479 g/mol. The number of carbonyl (C=O) groups is 2. The van der Waals surface area contributed by atoms with Crippen molar-refractivity contribution >= 4 is 11.8 Å². The van der Waals surface area contributed by atoms with E-state index < -0.39 is 18.2 Å². The Balaban J connectivity index is 1.02. The molecule has 0 aromatic carbocycles. The molecular formula is C26H42FN3O4. The summed E-state index contributed by atoms with van der Waals surface area (Å²) in [6.07, 6.45) is 8.73. The summed E-state index contributed by atoms with van der Waals surface area (Å²) in [5.41, 5.74) is 0. The van der Waals surface area contributed by atoms with E-state index in [0.29, 0.717) is 38.6 Å². The van der Waals surface area contributed by atoms with Gasteiger partial charge in [-0.15, -0.1) is 0 Å². The number of alkyl halides is 1. The van der Waals surface area contributed by atoms with Gasteiger partial charge in [-0.3, -0.25) is 9.59 Å². The van der Waals surface area contributed by atoms with E-state index in [4.69, 9.17) is 4.74 Å². The second-order valence-electron chi connectivity index (χ2n) is 11.6. The number of nitrogens with zero attached hydrogens (tertiary/aromatic N) is 1. The molecule has 34 heavy (non-hydrogen) atoms. The lowest BCUT2D eigenvalue weighted by Crippen LogP contribution is -2.52. The van der Waals surface area contributed by atoms with Crippen molar-refractivity contribution in [1.82, 2.24) is 15.5 Å². The average molecular weight is 480 g/mol. The van der Waals surface area contributed by atoms with Crippen molar-refractivity contribution < 1.29 is 23.8 Å². The van der Waals surface area contributed by atoms with Crippen LogP contribution in [0.5, 0.6) is 0 Å². The molecular weight excluding hydrogens is 437 g/mol. The smallest absolute Gasteiger partial charge is 0.226 e. The molecule has 8 heteroatoms. The number of aliphatic hydroxyl groups is 1. The fourth-order valence-electron chi connectivity index (χ4n) is 7.46. The fourth-order valence-corrected chi connectivity index (χ4v) is 7.46. The number of carbonyl (C=O) groups excluding carboxylic acids is 2. The quantitative estimate of drug-likeness (QED) is 0.521. The minimum atomic E-state index is -1.32. The van der Waals surface area contributed by atoms with Crippen LogP contribution in [0, 0.1) is 23.7 Å². The molecule has 0 aromatic rings. The summed E-state index contributed by atoms with van der Waals surface area (Å²) in [6.45, 7) is 1.75. The van der Waals surface area contributed by atoms with Gasteiger partial charge in [0.15, 0.2) is 0 Å². The first-order chi connectivity index (χ1) is 16.5. The molecule has 2 aliphatic heterocycles. The number of rotatable bonds is 7. The highest BCUT2D eigenvalue weighted by Gasteiger charge is 2.45. The van der Waals surface area contributed by atoms with E-state index >= 15 is 0 Å². The van der Waals surface area contributed by atoms with Gasteiger partial charge < -0.3 is 25.4 Å². The van der Waals surface area contributed by atoms with Crippen LogP contribution in [0.2, 0.25) is 0 Å². The number of nitrogens with one attached hydrogen (secondary N) is 2. The summed E-state index contributed by atoms with van der Waals surface area (Å²) in [5.74, 6) is 0.310. The van der Waals surface area contributed by atoms with Gasteiger partial charge in [0.05, 0.1) is 37.3 Å². The molecule has 0 radical (unpaired) electrons. The van der Waals surface area contributed by atoms with Gasteiger partial charge in [-0.25, -0.2) is 4.39 Å². The van der Waals surface area contributed by atoms with Crippen LogP contribution >= 0.6 is 0 Å². The highest BCUT2D eigenvalue weighted by atomic mass is 19.1. The van der Waals surface area contributed by atoms with Crippen LogP contribution in [-0.2, 0) is 14.3 Å². The van der Waals surface area contributed by atoms with Crippen molar-refractivity contribution in [3.8, 4) is 0 Å². The molecule has 5 aliphatic rings. The standard InChI is InChI=1S/C26H42FN3O4/c27-24-11-18(26(33)30-20-6-7-21(30)15-34-14-20)5-8-23(24)25(32)29-13-22(31)12-28-19-9-16-3-1-2-4-17(16)10-19/h16-24,28,31H,1-15H2,(H,29,32)/t16?,17?,18?,19?,20?,21?,22-,23?,24?/m0/s1. The number of fused-ring (bicyclic) bond motifs is 3. The third kappa shape index (κ3) is 5.29. The van der Waals surface area contributed by atoms with Crippen LogP contribution in [0.4, 0.5) is 4.39 Å². The number of amides is 2. The van der Waals surface area contributed by atoms with Gasteiger partial charge in [-0.1, -0.05) is 25.7 Å². The zero-order valence-electron chi connectivity index (χ0n) is 20.3. The van der Waals surface area contributed by atoms with Crippen LogP contribution in [0.1, 0.15) is 70.6 Å². The molecule has 0 spiro atoms. The van der Waals surface area contributed by atoms with Crippen LogP contribution in [0.15, 0.2) is 0 Å². The molecule has 0 aromatic heterocycles. The van der Waals surface area contributed by atoms with Crippen molar-refractivity contribution in [1.29, 1.82) is 0 Å². The number of halogens is 1. The first kappa shape index (κ1) is 24.4. The lowest BCUT2D eigenvalue weighted by atomic mass is 9.79. The Kier molecular flexibility index (Phi) is 7.76. The summed E-state index contributed by atoms with van der Waals surface area (Å²) in [4.78, 5) is 27.7.